The Bertz CT molecular complexity index is 1840. The van der Waals surface area contributed by atoms with E-state index in [9.17, 15) is 16.8 Å². The van der Waals surface area contributed by atoms with Crippen LogP contribution in [0.3, 0.4) is 0 Å². The standard InChI is InChI=1S/C15H18ClN5O2S.C15H19N5O2S/c1-24(22,23)20-11-5-8-21(9-6-11)15-18-10-12(16)14(19-15)13-4-2-3-7-17-13;1-23(21,22)19-12-6-10-20(11-7-12)15-17-9-5-14(18-15)13-4-2-3-8-16-13/h2-4,7,10-11,20H,5-6,8-9H2,1H3;2-5,8-9,12,19H,6-7,10-11H2,1H3. The molecule has 0 aromatic carbocycles. The molecule has 6 heterocycles. The lowest BCUT2D eigenvalue weighted by molar-refractivity contribution is 0.457. The van der Waals surface area contributed by atoms with Crippen molar-refractivity contribution in [2.75, 3.05) is 48.5 Å². The smallest absolute Gasteiger partial charge is 0.226 e. The van der Waals surface area contributed by atoms with E-state index in [0.717, 1.165) is 37.3 Å². The second kappa shape index (κ2) is 15.4. The average molecular weight is 701 g/mol. The number of nitrogens with one attached hydrogen (secondary N) is 2. The minimum Gasteiger partial charge on any atom is -0.341 e. The minimum atomic E-state index is -3.18. The maximum Gasteiger partial charge on any atom is 0.226 e. The predicted octanol–water partition coefficient (Wildman–Crippen LogP) is 2.77. The van der Waals surface area contributed by atoms with Gasteiger partial charge in [-0.1, -0.05) is 23.7 Å². The number of aromatic nitrogens is 6. The predicted molar refractivity (Wildman–Crippen MR) is 182 cm³/mol. The van der Waals surface area contributed by atoms with Crippen LogP contribution in [-0.2, 0) is 20.0 Å². The molecule has 4 aromatic rings. The monoisotopic (exact) mass is 700 g/mol. The third-order valence-corrected chi connectivity index (χ3v) is 9.33. The number of hydrogen-bond donors (Lipinski definition) is 2. The normalized spacial score (nSPS) is 16.4. The van der Waals surface area contributed by atoms with Gasteiger partial charge in [0.25, 0.3) is 0 Å². The van der Waals surface area contributed by atoms with Gasteiger partial charge < -0.3 is 9.80 Å². The molecule has 2 saturated heterocycles. The summed E-state index contributed by atoms with van der Waals surface area (Å²) in [5.74, 6) is 1.24. The van der Waals surface area contributed by atoms with E-state index in [0.29, 0.717) is 54.2 Å². The van der Waals surface area contributed by atoms with Crippen LogP contribution in [0.15, 0.2) is 67.3 Å². The van der Waals surface area contributed by atoms with Crippen LogP contribution >= 0.6 is 11.6 Å². The van der Waals surface area contributed by atoms with Gasteiger partial charge in [-0.2, -0.15) is 0 Å². The van der Waals surface area contributed by atoms with E-state index in [1.807, 2.05) is 47.4 Å². The lowest BCUT2D eigenvalue weighted by Gasteiger charge is -2.32. The van der Waals surface area contributed by atoms with Crippen molar-refractivity contribution in [2.45, 2.75) is 37.8 Å². The van der Waals surface area contributed by atoms with Crippen LogP contribution in [0.2, 0.25) is 5.02 Å². The second-order valence-electron chi connectivity index (χ2n) is 11.3. The molecule has 2 fully saturated rings. The fraction of sp³-hybridized carbons (Fsp3) is 0.400. The molecule has 0 spiro atoms. The van der Waals surface area contributed by atoms with E-state index >= 15 is 0 Å². The lowest BCUT2D eigenvalue weighted by Crippen LogP contribution is -2.44. The molecule has 0 amide bonds. The first-order valence-corrected chi connectivity index (χ1v) is 19.2. The highest BCUT2D eigenvalue weighted by atomic mass is 35.5. The molecule has 14 nitrogen and oxygen atoms in total. The van der Waals surface area contributed by atoms with Crippen LogP contribution < -0.4 is 19.2 Å². The summed E-state index contributed by atoms with van der Waals surface area (Å²) >= 11 is 6.21. The number of anilines is 2. The molecule has 6 rings (SSSR count). The first kappa shape index (κ1) is 34.5. The molecule has 0 saturated carbocycles. The van der Waals surface area contributed by atoms with Crippen molar-refractivity contribution >= 4 is 43.5 Å². The van der Waals surface area contributed by atoms with Gasteiger partial charge in [-0.15, -0.1) is 0 Å². The van der Waals surface area contributed by atoms with Crippen molar-refractivity contribution < 1.29 is 16.8 Å². The van der Waals surface area contributed by atoms with E-state index in [1.165, 1.54) is 12.5 Å². The fourth-order valence-corrected chi connectivity index (χ4v) is 7.22. The van der Waals surface area contributed by atoms with Gasteiger partial charge in [0.1, 0.15) is 5.69 Å². The second-order valence-corrected chi connectivity index (χ2v) is 15.3. The number of piperidine rings is 2. The highest BCUT2D eigenvalue weighted by Gasteiger charge is 2.25. The van der Waals surface area contributed by atoms with E-state index in [4.69, 9.17) is 11.6 Å². The summed E-state index contributed by atoms with van der Waals surface area (Å²) in [6, 6.07) is 13.0. The molecule has 2 aliphatic rings. The van der Waals surface area contributed by atoms with Crippen LogP contribution in [-0.4, -0.2) is 97.5 Å². The number of rotatable bonds is 8. The van der Waals surface area contributed by atoms with Gasteiger partial charge in [0.05, 0.1) is 40.8 Å². The minimum absolute atomic E-state index is 0.0137. The van der Waals surface area contributed by atoms with Crippen molar-refractivity contribution in [1.82, 2.24) is 39.3 Å². The van der Waals surface area contributed by atoms with Gasteiger partial charge >= 0.3 is 0 Å². The van der Waals surface area contributed by atoms with Crippen molar-refractivity contribution in [1.29, 1.82) is 0 Å². The fourth-order valence-electron chi connectivity index (χ4n) is 5.35. The number of hydrogen-bond acceptors (Lipinski definition) is 12. The van der Waals surface area contributed by atoms with Gasteiger partial charge in [0, 0.05) is 56.9 Å². The highest BCUT2D eigenvalue weighted by Crippen LogP contribution is 2.26. The molecular formula is C30H37ClN10O4S2. The Morgan fingerprint density at radius 1 is 0.638 bits per heavy atom. The van der Waals surface area contributed by atoms with Gasteiger partial charge in [-0.05, 0) is 56.0 Å². The Labute approximate surface area is 280 Å². The van der Waals surface area contributed by atoms with E-state index in [1.54, 1.807) is 24.8 Å². The lowest BCUT2D eigenvalue weighted by atomic mass is 10.1. The summed E-state index contributed by atoms with van der Waals surface area (Å²) < 4.78 is 50.5. The average Bonchev–Trinajstić information content (AvgIpc) is 3.05. The third kappa shape index (κ3) is 10.3. The van der Waals surface area contributed by atoms with Gasteiger partial charge in [-0.3, -0.25) is 9.97 Å². The summed E-state index contributed by atoms with van der Waals surface area (Å²) in [7, 11) is -6.34. The molecule has 0 unspecified atom stereocenters. The van der Waals surface area contributed by atoms with Crippen LogP contribution in [0.1, 0.15) is 25.7 Å². The molecule has 2 aliphatic heterocycles. The number of halogens is 1. The highest BCUT2D eigenvalue weighted by molar-refractivity contribution is 7.89. The number of pyridine rings is 2. The Kier molecular flexibility index (Phi) is 11.3. The van der Waals surface area contributed by atoms with E-state index in [2.05, 4.69) is 44.2 Å². The topological polar surface area (TPSA) is 176 Å². The zero-order valence-electron chi connectivity index (χ0n) is 26.1. The zero-order valence-corrected chi connectivity index (χ0v) is 28.5. The number of sulfonamides is 2. The molecule has 47 heavy (non-hydrogen) atoms. The number of nitrogens with zero attached hydrogens (tertiary/aromatic N) is 8. The van der Waals surface area contributed by atoms with Crippen molar-refractivity contribution in [3.8, 4) is 22.8 Å². The van der Waals surface area contributed by atoms with Crippen LogP contribution in [0, 0.1) is 0 Å². The molecule has 0 radical (unpaired) electrons. The largest absolute Gasteiger partial charge is 0.341 e. The van der Waals surface area contributed by atoms with E-state index in [-0.39, 0.29) is 12.1 Å². The maximum absolute atomic E-state index is 11.3. The molecule has 0 atom stereocenters. The van der Waals surface area contributed by atoms with Crippen LogP contribution in [0.5, 0.6) is 0 Å². The first-order valence-electron chi connectivity index (χ1n) is 15.1. The van der Waals surface area contributed by atoms with Gasteiger partial charge in [0.15, 0.2) is 0 Å². The summed E-state index contributed by atoms with van der Waals surface area (Å²) in [5, 5.41) is 0.450. The Morgan fingerprint density at radius 2 is 1.15 bits per heavy atom. The first-order chi connectivity index (χ1) is 22.4. The maximum atomic E-state index is 11.3. The quantitative estimate of drug-likeness (QED) is 0.275. The van der Waals surface area contributed by atoms with Crippen molar-refractivity contribution in [2.24, 2.45) is 0 Å². The van der Waals surface area contributed by atoms with Gasteiger partial charge in [0.2, 0.25) is 31.9 Å². The van der Waals surface area contributed by atoms with Crippen LogP contribution in [0.25, 0.3) is 22.8 Å². The zero-order chi connectivity index (χ0) is 33.4. The molecule has 0 aliphatic carbocycles. The van der Waals surface area contributed by atoms with Crippen molar-refractivity contribution in [3.63, 3.8) is 0 Å². The summed E-state index contributed by atoms with van der Waals surface area (Å²) in [6.45, 7) is 2.80. The molecule has 17 heteroatoms. The summed E-state index contributed by atoms with van der Waals surface area (Å²) in [6.07, 6.45) is 12.0. The van der Waals surface area contributed by atoms with Gasteiger partial charge in [-0.25, -0.2) is 46.2 Å². The molecule has 4 aromatic heterocycles. The Hall–Kier alpha value is -3.83. The Morgan fingerprint density at radius 3 is 1.64 bits per heavy atom. The molecule has 250 valence electrons. The third-order valence-electron chi connectivity index (χ3n) is 7.53. The Balaban J connectivity index is 0.000000185. The SMILES string of the molecule is CS(=O)(=O)NC1CCN(c2ncc(Cl)c(-c3ccccn3)n2)CC1.CS(=O)(=O)NC1CCN(c2nccc(-c3ccccn3)n2)CC1. The summed E-state index contributed by atoms with van der Waals surface area (Å²) in [4.78, 5) is 30.5. The van der Waals surface area contributed by atoms with Crippen molar-refractivity contribution in [3.05, 3.63) is 72.3 Å². The van der Waals surface area contributed by atoms with E-state index < -0.39 is 20.0 Å². The molecule has 2 N–H and O–H groups in total. The molecule has 0 bridgehead atoms. The molecular weight excluding hydrogens is 664 g/mol. The summed E-state index contributed by atoms with van der Waals surface area (Å²) in [5.41, 5.74) is 2.88. The van der Waals surface area contributed by atoms with Crippen LogP contribution in [0.4, 0.5) is 11.9 Å².